The Kier molecular flexibility index (Phi) is 3.88. The van der Waals surface area contributed by atoms with E-state index in [2.05, 4.69) is 10.3 Å². The van der Waals surface area contributed by atoms with Crippen molar-refractivity contribution >= 4 is 23.2 Å². The summed E-state index contributed by atoms with van der Waals surface area (Å²) in [7, 11) is 0. The van der Waals surface area contributed by atoms with E-state index in [1.165, 1.54) is 0 Å². The lowest BCUT2D eigenvalue weighted by Gasteiger charge is -2.22. The molecule has 3 N–H and O–H groups in total. The van der Waals surface area contributed by atoms with Crippen molar-refractivity contribution in [1.82, 2.24) is 4.98 Å². The maximum absolute atomic E-state index is 11.8. The number of carbonyl (C=O) groups excluding carboxylic acids is 1. The first kappa shape index (κ1) is 12.9. The van der Waals surface area contributed by atoms with E-state index < -0.39 is 5.54 Å². The molecule has 1 heterocycles. The molecule has 0 aliphatic rings. The van der Waals surface area contributed by atoms with Gasteiger partial charge in [-0.25, -0.2) is 4.98 Å². The van der Waals surface area contributed by atoms with Gasteiger partial charge in [0.2, 0.25) is 5.91 Å². The summed E-state index contributed by atoms with van der Waals surface area (Å²) in [6, 6.07) is 1.78. The molecular weight excluding hydrogens is 226 g/mol. The van der Waals surface area contributed by atoms with Crippen LogP contribution in [0.1, 0.15) is 25.8 Å². The van der Waals surface area contributed by atoms with E-state index in [1.54, 1.807) is 19.2 Å². The number of carbonyl (C=O) groups is 1. The van der Waals surface area contributed by atoms with Gasteiger partial charge in [-0.3, -0.25) is 4.79 Å². The molecule has 1 rings (SSSR count). The van der Waals surface area contributed by atoms with E-state index in [1.807, 2.05) is 13.8 Å². The molecule has 0 radical (unpaired) electrons. The van der Waals surface area contributed by atoms with Crippen molar-refractivity contribution in [1.29, 1.82) is 0 Å². The zero-order valence-electron chi connectivity index (χ0n) is 9.67. The summed E-state index contributed by atoms with van der Waals surface area (Å²) in [6.07, 6.45) is 2.14. The number of amides is 1. The van der Waals surface area contributed by atoms with Crippen molar-refractivity contribution < 1.29 is 4.79 Å². The zero-order valence-corrected chi connectivity index (χ0v) is 10.4. The predicted molar refractivity (Wildman–Crippen MR) is 65.5 cm³/mol. The van der Waals surface area contributed by atoms with Crippen LogP contribution in [0.2, 0.25) is 5.15 Å². The van der Waals surface area contributed by atoms with E-state index in [-0.39, 0.29) is 11.1 Å². The average Bonchev–Trinajstić information content (AvgIpc) is 2.23. The summed E-state index contributed by atoms with van der Waals surface area (Å²) in [5.74, 6) is -0.256. The molecular formula is C11H16ClN3O. The third-order valence-corrected chi connectivity index (χ3v) is 2.89. The Labute approximate surface area is 100 Å². The van der Waals surface area contributed by atoms with Crippen LogP contribution in [0.25, 0.3) is 0 Å². The van der Waals surface area contributed by atoms with Crippen LogP contribution in [0.5, 0.6) is 0 Å². The SMILES string of the molecule is CCC(C)(N)C(=O)Nc1c(C)ccnc1Cl. The zero-order chi connectivity index (χ0) is 12.3. The molecule has 0 fully saturated rings. The Bertz CT molecular complexity index is 384. The van der Waals surface area contributed by atoms with Crippen LogP contribution in [0, 0.1) is 6.92 Å². The molecule has 1 amide bonds. The van der Waals surface area contributed by atoms with Gasteiger partial charge in [0.25, 0.3) is 0 Å². The van der Waals surface area contributed by atoms with Crippen LogP contribution in [-0.4, -0.2) is 16.4 Å². The van der Waals surface area contributed by atoms with Crippen molar-refractivity contribution in [3.05, 3.63) is 23.0 Å². The van der Waals surface area contributed by atoms with Crippen LogP contribution < -0.4 is 11.1 Å². The molecule has 1 aromatic rings. The molecule has 1 unspecified atom stereocenters. The molecule has 16 heavy (non-hydrogen) atoms. The van der Waals surface area contributed by atoms with Crippen molar-refractivity contribution in [3.8, 4) is 0 Å². The van der Waals surface area contributed by atoms with E-state index in [0.29, 0.717) is 12.1 Å². The Morgan fingerprint density at radius 3 is 2.81 bits per heavy atom. The van der Waals surface area contributed by atoms with Gasteiger partial charge in [0, 0.05) is 6.20 Å². The summed E-state index contributed by atoms with van der Waals surface area (Å²) in [4.78, 5) is 15.8. The molecule has 0 aliphatic heterocycles. The second-order valence-corrected chi connectivity index (χ2v) is 4.38. The Hall–Kier alpha value is -1.13. The molecule has 0 aromatic carbocycles. The maximum atomic E-state index is 11.8. The number of nitrogens with one attached hydrogen (secondary N) is 1. The van der Waals surface area contributed by atoms with Gasteiger partial charge in [0.05, 0.1) is 11.2 Å². The molecule has 0 aliphatic carbocycles. The molecule has 0 saturated heterocycles. The molecule has 5 heteroatoms. The molecule has 0 bridgehead atoms. The topological polar surface area (TPSA) is 68.0 Å². The van der Waals surface area contributed by atoms with Crippen molar-refractivity contribution in [2.45, 2.75) is 32.7 Å². The lowest BCUT2D eigenvalue weighted by molar-refractivity contribution is -0.120. The first-order valence-electron chi connectivity index (χ1n) is 5.10. The van der Waals surface area contributed by atoms with Gasteiger partial charge in [-0.2, -0.15) is 0 Å². The van der Waals surface area contributed by atoms with Crippen molar-refractivity contribution in [3.63, 3.8) is 0 Å². The normalized spacial score (nSPS) is 14.3. The minimum absolute atomic E-state index is 0.256. The third kappa shape index (κ3) is 2.71. The first-order valence-corrected chi connectivity index (χ1v) is 5.47. The summed E-state index contributed by atoms with van der Waals surface area (Å²) in [5.41, 5.74) is 6.32. The number of pyridine rings is 1. The molecule has 0 spiro atoms. The molecule has 0 saturated carbocycles. The molecule has 1 atom stereocenters. The highest BCUT2D eigenvalue weighted by atomic mass is 35.5. The molecule has 88 valence electrons. The summed E-state index contributed by atoms with van der Waals surface area (Å²) in [6.45, 7) is 5.39. The Morgan fingerprint density at radius 1 is 1.69 bits per heavy atom. The van der Waals surface area contributed by atoms with Crippen molar-refractivity contribution in [2.75, 3.05) is 5.32 Å². The number of nitrogens with two attached hydrogens (primary N) is 1. The Balaban J connectivity index is 2.94. The summed E-state index contributed by atoms with van der Waals surface area (Å²) >= 11 is 5.90. The largest absolute Gasteiger partial charge is 0.322 e. The minimum atomic E-state index is -0.897. The van der Waals surface area contributed by atoms with Crippen LogP contribution in [0.4, 0.5) is 5.69 Å². The lowest BCUT2D eigenvalue weighted by atomic mass is 9.99. The quantitative estimate of drug-likeness (QED) is 0.797. The second kappa shape index (κ2) is 4.80. The van der Waals surface area contributed by atoms with E-state index >= 15 is 0 Å². The van der Waals surface area contributed by atoms with E-state index in [0.717, 1.165) is 5.56 Å². The van der Waals surface area contributed by atoms with Crippen LogP contribution in [-0.2, 0) is 4.79 Å². The number of aryl methyl sites for hydroxylation is 1. The fraction of sp³-hybridized carbons (Fsp3) is 0.455. The highest BCUT2D eigenvalue weighted by Gasteiger charge is 2.26. The number of aromatic nitrogens is 1. The Morgan fingerprint density at radius 2 is 2.31 bits per heavy atom. The predicted octanol–water partition coefficient (Wildman–Crippen LogP) is 2.11. The fourth-order valence-corrected chi connectivity index (χ4v) is 1.34. The fourth-order valence-electron chi connectivity index (χ4n) is 1.09. The summed E-state index contributed by atoms with van der Waals surface area (Å²) < 4.78 is 0. The maximum Gasteiger partial charge on any atom is 0.244 e. The van der Waals surface area contributed by atoms with Crippen LogP contribution in [0.15, 0.2) is 12.3 Å². The summed E-state index contributed by atoms with van der Waals surface area (Å²) in [5, 5.41) is 2.99. The lowest BCUT2D eigenvalue weighted by Crippen LogP contribution is -2.47. The van der Waals surface area contributed by atoms with Crippen LogP contribution in [0.3, 0.4) is 0 Å². The van der Waals surface area contributed by atoms with E-state index in [4.69, 9.17) is 17.3 Å². The van der Waals surface area contributed by atoms with Crippen LogP contribution >= 0.6 is 11.6 Å². The van der Waals surface area contributed by atoms with Crippen molar-refractivity contribution in [2.24, 2.45) is 5.73 Å². The number of rotatable bonds is 3. The minimum Gasteiger partial charge on any atom is -0.322 e. The van der Waals surface area contributed by atoms with Gasteiger partial charge < -0.3 is 11.1 Å². The smallest absolute Gasteiger partial charge is 0.244 e. The number of hydrogen-bond acceptors (Lipinski definition) is 3. The van der Waals surface area contributed by atoms with Gasteiger partial charge in [0.15, 0.2) is 5.15 Å². The highest BCUT2D eigenvalue weighted by molar-refractivity contribution is 6.32. The first-order chi connectivity index (χ1) is 7.38. The standard InChI is InChI=1S/C11H16ClN3O/c1-4-11(3,13)10(16)15-8-7(2)5-6-14-9(8)12/h5-6H,4,13H2,1-3H3,(H,15,16). The van der Waals surface area contributed by atoms with Gasteiger partial charge in [-0.1, -0.05) is 18.5 Å². The van der Waals surface area contributed by atoms with Gasteiger partial charge in [-0.05, 0) is 31.9 Å². The van der Waals surface area contributed by atoms with E-state index in [9.17, 15) is 4.79 Å². The second-order valence-electron chi connectivity index (χ2n) is 4.02. The number of halogens is 1. The number of anilines is 1. The van der Waals surface area contributed by atoms with Gasteiger partial charge >= 0.3 is 0 Å². The average molecular weight is 242 g/mol. The molecule has 4 nitrogen and oxygen atoms in total. The third-order valence-electron chi connectivity index (χ3n) is 2.60. The monoisotopic (exact) mass is 241 g/mol. The molecule has 1 aromatic heterocycles. The van der Waals surface area contributed by atoms with Gasteiger partial charge in [-0.15, -0.1) is 0 Å². The highest BCUT2D eigenvalue weighted by Crippen LogP contribution is 2.23. The number of hydrogen-bond donors (Lipinski definition) is 2. The number of nitrogens with zero attached hydrogens (tertiary/aromatic N) is 1. The van der Waals surface area contributed by atoms with Gasteiger partial charge in [0.1, 0.15) is 0 Å².